The zero-order valence-corrected chi connectivity index (χ0v) is 12.4. The van der Waals surface area contributed by atoms with Crippen LogP contribution in [0.5, 0.6) is 17.4 Å². The molecule has 0 amide bonds. The second kappa shape index (κ2) is 5.90. The number of para-hydroxylation sites is 1. The molecule has 2 rings (SSSR count). The van der Waals surface area contributed by atoms with E-state index in [0.717, 1.165) is 0 Å². The molecule has 1 aromatic heterocycles. The molecule has 7 nitrogen and oxygen atoms in total. The number of ether oxygens (including phenoxy) is 2. The minimum Gasteiger partial charge on any atom is -0.493 e. The van der Waals surface area contributed by atoms with Crippen LogP contribution in [0, 0.1) is 3.57 Å². The lowest BCUT2D eigenvalue weighted by atomic mass is 10.2. The van der Waals surface area contributed by atoms with Gasteiger partial charge in [0.15, 0.2) is 11.5 Å². The van der Waals surface area contributed by atoms with Gasteiger partial charge in [-0.05, 0) is 34.7 Å². The number of benzene rings is 1. The number of rotatable bonds is 4. The number of carboxylic acids is 1. The summed E-state index contributed by atoms with van der Waals surface area (Å²) in [6.45, 7) is 0. The number of H-pyrrole nitrogens is 1. The Morgan fingerprint density at radius 2 is 2.20 bits per heavy atom. The van der Waals surface area contributed by atoms with Crippen molar-refractivity contribution in [2.45, 2.75) is 0 Å². The Kier molecular flexibility index (Phi) is 4.23. The average molecular weight is 388 g/mol. The number of aromatic nitrogens is 2. The molecule has 2 N–H and O–H groups in total. The first-order chi connectivity index (χ1) is 9.54. The summed E-state index contributed by atoms with van der Waals surface area (Å²) in [5.74, 6) is -0.915. The van der Waals surface area contributed by atoms with Gasteiger partial charge in [-0.25, -0.2) is 9.78 Å². The van der Waals surface area contributed by atoms with Gasteiger partial charge in [-0.1, -0.05) is 6.07 Å². The van der Waals surface area contributed by atoms with Crippen LogP contribution >= 0.6 is 22.6 Å². The highest BCUT2D eigenvalue weighted by Gasteiger charge is 2.19. The second-order valence-corrected chi connectivity index (χ2v) is 4.67. The molecule has 20 heavy (non-hydrogen) atoms. The Balaban J connectivity index is 2.55. The number of carbonyl (C=O) groups is 1. The molecule has 0 spiro atoms. The van der Waals surface area contributed by atoms with Crippen LogP contribution in [0.15, 0.2) is 29.3 Å². The molecular weight excluding hydrogens is 379 g/mol. The molecule has 2 aromatic rings. The van der Waals surface area contributed by atoms with E-state index < -0.39 is 5.97 Å². The van der Waals surface area contributed by atoms with Gasteiger partial charge in [-0.3, -0.25) is 4.79 Å². The molecule has 104 valence electrons. The molecule has 0 aliphatic heterocycles. The fraction of sp³-hybridized carbons (Fsp3) is 0.0833. The van der Waals surface area contributed by atoms with Crippen molar-refractivity contribution in [3.8, 4) is 17.4 Å². The third kappa shape index (κ3) is 2.74. The zero-order valence-electron chi connectivity index (χ0n) is 10.2. The summed E-state index contributed by atoms with van der Waals surface area (Å²) < 4.78 is 10.7. The van der Waals surface area contributed by atoms with E-state index in [1.165, 1.54) is 25.6 Å². The lowest BCUT2D eigenvalue weighted by Crippen LogP contribution is -2.12. The van der Waals surface area contributed by atoms with Gasteiger partial charge in [-0.2, -0.15) is 0 Å². The van der Waals surface area contributed by atoms with Gasteiger partial charge in [0.1, 0.15) is 9.13 Å². The molecule has 0 aliphatic carbocycles. The second-order valence-electron chi connectivity index (χ2n) is 3.59. The van der Waals surface area contributed by atoms with Gasteiger partial charge in [0.05, 0.1) is 13.4 Å². The predicted molar refractivity (Wildman–Crippen MR) is 77.6 cm³/mol. The fourth-order valence-corrected chi connectivity index (χ4v) is 1.89. The number of aromatic carboxylic acids is 1. The molecule has 0 radical (unpaired) electrons. The molecule has 0 fully saturated rings. The molecule has 0 bridgehead atoms. The molecular formula is C12H9IN2O5. The summed E-state index contributed by atoms with van der Waals surface area (Å²) >= 11 is 1.77. The maximum atomic E-state index is 11.5. The monoisotopic (exact) mass is 388 g/mol. The highest BCUT2D eigenvalue weighted by Crippen LogP contribution is 2.35. The third-order valence-electron chi connectivity index (χ3n) is 2.39. The van der Waals surface area contributed by atoms with Crippen molar-refractivity contribution >= 4 is 28.6 Å². The molecule has 0 aliphatic rings. The number of carboxylic acid groups (broad SMARTS) is 1. The normalized spacial score (nSPS) is 10.1. The van der Waals surface area contributed by atoms with Gasteiger partial charge < -0.3 is 19.6 Å². The number of hydrogen-bond donors (Lipinski definition) is 2. The predicted octanol–water partition coefficient (Wildman–Crippen LogP) is 1.87. The van der Waals surface area contributed by atoms with E-state index in [1.54, 1.807) is 28.7 Å². The molecule has 0 atom stereocenters. The lowest BCUT2D eigenvalue weighted by Gasteiger charge is -2.12. The fourth-order valence-electron chi connectivity index (χ4n) is 1.48. The van der Waals surface area contributed by atoms with E-state index in [-0.39, 0.29) is 32.1 Å². The lowest BCUT2D eigenvalue weighted by molar-refractivity contribution is 0.0693. The average Bonchev–Trinajstić information content (AvgIpc) is 2.43. The number of aromatic amines is 1. The minimum atomic E-state index is -1.17. The third-order valence-corrected chi connectivity index (χ3v) is 3.34. The number of halogens is 1. The molecule has 0 saturated heterocycles. The first-order valence-corrected chi connectivity index (χ1v) is 6.43. The summed E-state index contributed by atoms with van der Waals surface area (Å²) in [6, 6.07) is 4.47. The molecule has 0 unspecified atom stereocenters. The number of hydrogen-bond acceptors (Lipinski definition) is 5. The van der Waals surface area contributed by atoms with Crippen molar-refractivity contribution in [3.05, 3.63) is 44.0 Å². The zero-order chi connectivity index (χ0) is 14.7. The van der Waals surface area contributed by atoms with Crippen LogP contribution in [-0.4, -0.2) is 28.2 Å². The van der Waals surface area contributed by atoms with Crippen LogP contribution in [0.4, 0.5) is 0 Å². The van der Waals surface area contributed by atoms with Crippen molar-refractivity contribution in [1.29, 1.82) is 0 Å². The van der Waals surface area contributed by atoms with E-state index >= 15 is 0 Å². The van der Waals surface area contributed by atoms with Gasteiger partial charge in [-0.15, -0.1) is 0 Å². The van der Waals surface area contributed by atoms with Crippen LogP contribution in [0.25, 0.3) is 0 Å². The van der Waals surface area contributed by atoms with Crippen molar-refractivity contribution in [1.82, 2.24) is 9.97 Å². The minimum absolute atomic E-state index is 0.00137. The summed E-state index contributed by atoms with van der Waals surface area (Å²) in [7, 11) is 1.39. The first kappa shape index (κ1) is 14.3. The van der Waals surface area contributed by atoms with Crippen molar-refractivity contribution in [2.24, 2.45) is 0 Å². The Bertz CT molecular complexity index is 713. The van der Waals surface area contributed by atoms with E-state index in [9.17, 15) is 9.59 Å². The van der Waals surface area contributed by atoms with Crippen molar-refractivity contribution in [3.63, 3.8) is 0 Å². The van der Waals surface area contributed by atoms with Gasteiger partial charge >= 0.3 is 5.97 Å². The first-order valence-electron chi connectivity index (χ1n) is 5.36. The van der Waals surface area contributed by atoms with Crippen LogP contribution in [0.2, 0.25) is 0 Å². The maximum absolute atomic E-state index is 11.5. The molecule has 1 aromatic carbocycles. The van der Waals surface area contributed by atoms with Gasteiger partial charge in [0.2, 0.25) is 5.88 Å². The highest BCUT2D eigenvalue weighted by molar-refractivity contribution is 14.1. The van der Waals surface area contributed by atoms with E-state index in [2.05, 4.69) is 9.97 Å². The van der Waals surface area contributed by atoms with E-state index in [1.807, 2.05) is 0 Å². The largest absolute Gasteiger partial charge is 0.493 e. The summed E-state index contributed by atoms with van der Waals surface area (Å²) in [4.78, 5) is 28.9. The van der Waals surface area contributed by atoms with Crippen LogP contribution < -0.4 is 15.0 Å². The molecule has 8 heteroatoms. The smallest absolute Gasteiger partial charge is 0.339 e. The van der Waals surface area contributed by atoms with Gasteiger partial charge in [0.25, 0.3) is 5.56 Å². The van der Waals surface area contributed by atoms with Crippen LogP contribution in [0.1, 0.15) is 10.4 Å². The number of methoxy groups -OCH3 is 1. The standard InChI is InChI=1S/C12H9IN2O5/c1-19-7-4-2-3-6(12(17)18)9(7)20-11-8(13)10(16)14-5-15-11/h2-5H,1H3,(H,17,18)(H,14,15,16). The highest BCUT2D eigenvalue weighted by atomic mass is 127. The van der Waals surface area contributed by atoms with Crippen LogP contribution in [-0.2, 0) is 0 Å². The Morgan fingerprint density at radius 1 is 1.45 bits per heavy atom. The van der Waals surface area contributed by atoms with E-state index in [4.69, 9.17) is 14.6 Å². The number of nitrogens with one attached hydrogen (secondary N) is 1. The maximum Gasteiger partial charge on any atom is 0.339 e. The van der Waals surface area contributed by atoms with Crippen molar-refractivity contribution in [2.75, 3.05) is 7.11 Å². The number of nitrogens with zero attached hydrogens (tertiary/aromatic N) is 1. The van der Waals surface area contributed by atoms with E-state index in [0.29, 0.717) is 0 Å². The SMILES string of the molecule is COc1cccc(C(=O)O)c1Oc1nc[nH]c(=O)c1I. The molecule has 0 saturated carbocycles. The van der Waals surface area contributed by atoms with Crippen LogP contribution in [0.3, 0.4) is 0 Å². The summed E-state index contributed by atoms with van der Waals surface area (Å²) in [6.07, 6.45) is 1.18. The van der Waals surface area contributed by atoms with Crippen molar-refractivity contribution < 1.29 is 19.4 Å². The topological polar surface area (TPSA) is 102 Å². The Hall–Kier alpha value is -2.10. The Morgan fingerprint density at radius 3 is 2.85 bits per heavy atom. The summed E-state index contributed by atoms with van der Waals surface area (Å²) in [5, 5.41) is 9.16. The molecule has 1 heterocycles. The van der Waals surface area contributed by atoms with Gasteiger partial charge in [0, 0.05) is 0 Å². The summed E-state index contributed by atoms with van der Waals surface area (Å²) in [5.41, 5.74) is -0.454. The quantitative estimate of drug-likeness (QED) is 0.776. The Labute approximate surface area is 126 Å².